The Balaban J connectivity index is 2.27. The highest BCUT2D eigenvalue weighted by atomic mass is 35.5. The smallest absolute Gasteiger partial charge is 0.169 e. The van der Waals surface area contributed by atoms with E-state index >= 15 is 0 Å². The normalized spacial score (nSPS) is 17.9. The topological polar surface area (TPSA) is 55.1 Å². The van der Waals surface area contributed by atoms with Gasteiger partial charge in [0.15, 0.2) is 5.78 Å². The van der Waals surface area contributed by atoms with E-state index < -0.39 is 0 Å². The molecule has 0 saturated carbocycles. The molecule has 20 heavy (non-hydrogen) atoms. The molecule has 0 radical (unpaired) electrons. The molecule has 0 spiro atoms. The van der Waals surface area contributed by atoms with Gasteiger partial charge in [0.1, 0.15) is 0 Å². The van der Waals surface area contributed by atoms with Gasteiger partial charge in [-0.15, -0.1) is 0 Å². The van der Waals surface area contributed by atoms with E-state index in [1.807, 2.05) is 0 Å². The zero-order valence-electron chi connectivity index (χ0n) is 12.0. The number of unbranched alkanes of at least 4 members (excludes halogenated alkanes) is 1. The van der Waals surface area contributed by atoms with E-state index in [4.69, 9.17) is 17.3 Å². The minimum atomic E-state index is -0.222. The predicted molar refractivity (Wildman–Crippen MR) is 84.3 cm³/mol. The molecule has 1 aliphatic heterocycles. The van der Waals surface area contributed by atoms with E-state index in [-0.39, 0.29) is 11.2 Å². The van der Waals surface area contributed by atoms with Crippen LogP contribution in [0.1, 0.15) is 49.4 Å². The van der Waals surface area contributed by atoms with Gasteiger partial charge in [0.25, 0.3) is 0 Å². The van der Waals surface area contributed by atoms with Crippen molar-refractivity contribution in [1.82, 2.24) is 5.32 Å². The first kappa shape index (κ1) is 15.3. The standard InChI is InChI=1S/C16H23ClN2O/c1-2-3-6-16(7-9-19-10-8-16)15(20)12-4-5-14(18)13(17)11-12/h4-5,11,19H,2-3,6-10,18H2,1H3. The fourth-order valence-electron chi connectivity index (χ4n) is 2.99. The predicted octanol–water partition coefficient (Wildman–Crippen LogP) is 3.66. The van der Waals surface area contributed by atoms with Gasteiger partial charge in [-0.05, 0) is 50.6 Å². The summed E-state index contributed by atoms with van der Waals surface area (Å²) in [6.07, 6.45) is 4.99. The van der Waals surface area contributed by atoms with Crippen LogP contribution in [0.25, 0.3) is 0 Å². The molecule has 1 heterocycles. The molecule has 1 aromatic rings. The molecular weight excluding hydrogens is 272 g/mol. The lowest BCUT2D eigenvalue weighted by Gasteiger charge is -2.36. The first-order valence-corrected chi connectivity index (χ1v) is 7.77. The Kier molecular flexibility index (Phi) is 5.06. The number of piperidine rings is 1. The van der Waals surface area contributed by atoms with Gasteiger partial charge in [-0.1, -0.05) is 31.4 Å². The lowest BCUT2D eigenvalue weighted by molar-refractivity contribution is 0.0701. The number of hydrogen-bond acceptors (Lipinski definition) is 3. The summed E-state index contributed by atoms with van der Waals surface area (Å²) in [4.78, 5) is 13.0. The fraction of sp³-hybridized carbons (Fsp3) is 0.562. The lowest BCUT2D eigenvalue weighted by Crippen LogP contribution is -2.42. The Labute approximate surface area is 125 Å². The fourth-order valence-corrected chi connectivity index (χ4v) is 3.17. The second-order valence-electron chi connectivity index (χ2n) is 5.70. The SMILES string of the molecule is CCCCC1(C(=O)c2ccc(N)c(Cl)c2)CCNCC1. The minimum absolute atomic E-state index is 0.222. The Morgan fingerprint density at radius 3 is 2.70 bits per heavy atom. The van der Waals surface area contributed by atoms with E-state index in [0.717, 1.165) is 45.2 Å². The highest BCUT2D eigenvalue weighted by Gasteiger charge is 2.39. The van der Waals surface area contributed by atoms with Crippen LogP contribution in [0, 0.1) is 5.41 Å². The molecule has 0 aromatic heterocycles. The first-order chi connectivity index (χ1) is 9.59. The highest BCUT2D eigenvalue weighted by Crippen LogP contribution is 2.38. The number of carbonyl (C=O) groups is 1. The van der Waals surface area contributed by atoms with Gasteiger partial charge in [0.05, 0.1) is 10.7 Å². The van der Waals surface area contributed by atoms with Gasteiger partial charge in [0.2, 0.25) is 0 Å². The van der Waals surface area contributed by atoms with Crippen LogP contribution in [-0.2, 0) is 0 Å². The number of anilines is 1. The van der Waals surface area contributed by atoms with Gasteiger partial charge in [0, 0.05) is 11.0 Å². The largest absolute Gasteiger partial charge is 0.398 e. The molecule has 2 rings (SSSR count). The third kappa shape index (κ3) is 3.15. The van der Waals surface area contributed by atoms with Crippen molar-refractivity contribution < 1.29 is 4.79 Å². The van der Waals surface area contributed by atoms with Crippen molar-refractivity contribution >= 4 is 23.1 Å². The van der Waals surface area contributed by atoms with Crippen molar-refractivity contribution in [3.63, 3.8) is 0 Å². The van der Waals surface area contributed by atoms with Gasteiger partial charge in [-0.25, -0.2) is 0 Å². The van der Waals surface area contributed by atoms with Crippen LogP contribution < -0.4 is 11.1 Å². The second-order valence-corrected chi connectivity index (χ2v) is 6.11. The Hall–Kier alpha value is -1.06. The third-order valence-electron chi connectivity index (χ3n) is 4.31. The molecule has 4 heteroatoms. The number of hydrogen-bond donors (Lipinski definition) is 2. The molecule has 110 valence electrons. The molecule has 1 aromatic carbocycles. The van der Waals surface area contributed by atoms with Crippen LogP contribution in [0.3, 0.4) is 0 Å². The van der Waals surface area contributed by atoms with Gasteiger partial charge >= 0.3 is 0 Å². The number of rotatable bonds is 5. The summed E-state index contributed by atoms with van der Waals surface area (Å²) >= 11 is 6.06. The summed E-state index contributed by atoms with van der Waals surface area (Å²) in [5, 5.41) is 3.81. The van der Waals surface area contributed by atoms with Crippen LogP contribution >= 0.6 is 11.6 Å². The number of nitrogen functional groups attached to an aromatic ring is 1. The van der Waals surface area contributed by atoms with Gasteiger partial charge in [-0.3, -0.25) is 4.79 Å². The van der Waals surface area contributed by atoms with Crippen molar-refractivity contribution in [3.05, 3.63) is 28.8 Å². The number of ketones is 1. The van der Waals surface area contributed by atoms with Crippen LogP contribution in [0.15, 0.2) is 18.2 Å². The highest BCUT2D eigenvalue weighted by molar-refractivity contribution is 6.33. The van der Waals surface area contributed by atoms with E-state index in [9.17, 15) is 4.79 Å². The number of Topliss-reactive ketones (excluding diaryl/α,β-unsaturated/α-hetero) is 1. The Bertz CT molecular complexity index is 481. The molecule has 0 bridgehead atoms. The maximum atomic E-state index is 13.0. The molecule has 0 unspecified atom stereocenters. The van der Waals surface area contributed by atoms with E-state index in [1.165, 1.54) is 0 Å². The average Bonchev–Trinajstić information content (AvgIpc) is 2.48. The van der Waals surface area contributed by atoms with Crippen LogP contribution in [0.4, 0.5) is 5.69 Å². The summed E-state index contributed by atoms with van der Waals surface area (Å²) in [6, 6.07) is 5.25. The Morgan fingerprint density at radius 1 is 1.40 bits per heavy atom. The van der Waals surface area contributed by atoms with Crippen LogP contribution in [0.2, 0.25) is 5.02 Å². The summed E-state index contributed by atoms with van der Waals surface area (Å²) in [5.74, 6) is 0.231. The number of nitrogens with two attached hydrogens (primary N) is 1. The average molecular weight is 295 g/mol. The van der Waals surface area contributed by atoms with Crippen molar-refractivity contribution in [2.24, 2.45) is 5.41 Å². The number of carbonyl (C=O) groups excluding carboxylic acids is 1. The van der Waals surface area contributed by atoms with Crippen molar-refractivity contribution in [1.29, 1.82) is 0 Å². The molecule has 1 aliphatic rings. The van der Waals surface area contributed by atoms with Gasteiger partial charge in [-0.2, -0.15) is 0 Å². The zero-order valence-corrected chi connectivity index (χ0v) is 12.8. The molecule has 0 atom stereocenters. The number of nitrogens with one attached hydrogen (secondary N) is 1. The second kappa shape index (κ2) is 6.59. The molecule has 0 aliphatic carbocycles. The molecular formula is C16H23ClN2O. The van der Waals surface area contributed by atoms with Crippen molar-refractivity contribution in [3.8, 4) is 0 Å². The third-order valence-corrected chi connectivity index (χ3v) is 4.64. The van der Waals surface area contributed by atoms with E-state index in [1.54, 1.807) is 18.2 Å². The monoisotopic (exact) mass is 294 g/mol. The van der Waals surface area contributed by atoms with Crippen molar-refractivity contribution in [2.75, 3.05) is 18.8 Å². The summed E-state index contributed by atoms with van der Waals surface area (Å²) in [5.41, 5.74) is 6.73. The van der Waals surface area contributed by atoms with Crippen molar-refractivity contribution in [2.45, 2.75) is 39.0 Å². The van der Waals surface area contributed by atoms with E-state index in [2.05, 4.69) is 12.2 Å². The van der Waals surface area contributed by atoms with Crippen LogP contribution in [-0.4, -0.2) is 18.9 Å². The maximum Gasteiger partial charge on any atom is 0.169 e. The number of benzene rings is 1. The molecule has 1 fully saturated rings. The van der Waals surface area contributed by atoms with Crippen LogP contribution in [0.5, 0.6) is 0 Å². The Morgan fingerprint density at radius 2 is 2.10 bits per heavy atom. The summed E-state index contributed by atoms with van der Waals surface area (Å²) < 4.78 is 0. The summed E-state index contributed by atoms with van der Waals surface area (Å²) in [7, 11) is 0. The quantitative estimate of drug-likeness (QED) is 0.643. The number of halogens is 1. The molecule has 1 saturated heterocycles. The first-order valence-electron chi connectivity index (χ1n) is 7.39. The van der Waals surface area contributed by atoms with E-state index in [0.29, 0.717) is 16.3 Å². The zero-order chi connectivity index (χ0) is 14.6. The minimum Gasteiger partial charge on any atom is -0.398 e. The summed E-state index contributed by atoms with van der Waals surface area (Å²) in [6.45, 7) is 4.00. The lowest BCUT2D eigenvalue weighted by atomic mass is 9.70. The molecule has 3 N–H and O–H groups in total. The molecule has 0 amide bonds. The molecule has 3 nitrogen and oxygen atoms in total. The van der Waals surface area contributed by atoms with Gasteiger partial charge < -0.3 is 11.1 Å². The maximum absolute atomic E-state index is 13.0.